The van der Waals surface area contributed by atoms with Crippen LogP contribution in [0.4, 0.5) is 5.82 Å². The first kappa shape index (κ1) is 13.3. The van der Waals surface area contributed by atoms with Crippen LogP contribution in [0.5, 0.6) is 0 Å². The predicted octanol–water partition coefficient (Wildman–Crippen LogP) is 3.34. The molecule has 0 fully saturated rings. The molecule has 1 heterocycles. The third-order valence-electron chi connectivity index (χ3n) is 2.82. The molecule has 0 aliphatic carbocycles. The summed E-state index contributed by atoms with van der Waals surface area (Å²) in [4.78, 5) is 3.98. The van der Waals surface area contributed by atoms with Crippen LogP contribution in [0.3, 0.4) is 0 Å². The molecule has 94 valence electrons. The molecular weight excluding hydrogens is 316 g/mol. The molecule has 0 saturated heterocycles. The Balaban J connectivity index is 2.58. The van der Waals surface area contributed by atoms with Crippen LogP contribution in [-0.2, 0) is 5.60 Å². The summed E-state index contributed by atoms with van der Waals surface area (Å²) in [6.07, 6.45) is 1.58. The maximum atomic E-state index is 10.7. The molecule has 1 aromatic heterocycles. The van der Waals surface area contributed by atoms with Gasteiger partial charge in [-0.15, -0.1) is 0 Å². The number of rotatable bonds is 2. The lowest BCUT2D eigenvalue weighted by atomic mass is 9.88. The van der Waals surface area contributed by atoms with Crippen LogP contribution in [-0.4, -0.2) is 10.1 Å². The molecule has 0 spiro atoms. The first-order valence-electron chi connectivity index (χ1n) is 5.32. The highest BCUT2D eigenvalue weighted by Gasteiger charge is 2.30. The van der Waals surface area contributed by atoms with E-state index in [1.165, 1.54) is 0 Å². The van der Waals surface area contributed by atoms with Crippen LogP contribution < -0.4 is 5.73 Å². The molecule has 18 heavy (non-hydrogen) atoms. The summed E-state index contributed by atoms with van der Waals surface area (Å²) in [6, 6.07) is 8.78. The van der Waals surface area contributed by atoms with Gasteiger partial charge < -0.3 is 10.8 Å². The van der Waals surface area contributed by atoms with E-state index in [2.05, 4.69) is 20.9 Å². The molecule has 1 unspecified atom stereocenters. The van der Waals surface area contributed by atoms with Gasteiger partial charge >= 0.3 is 0 Å². The van der Waals surface area contributed by atoms with Crippen molar-refractivity contribution in [3.05, 3.63) is 57.2 Å². The first-order valence-corrected chi connectivity index (χ1v) is 6.49. The summed E-state index contributed by atoms with van der Waals surface area (Å²) in [6.45, 7) is 1.65. The minimum Gasteiger partial charge on any atom is -0.383 e. The Labute approximate surface area is 119 Å². The fraction of sp³-hybridized carbons (Fsp3) is 0.154. The molecule has 0 aliphatic heterocycles. The minimum absolute atomic E-state index is 0.293. The monoisotopic (exact) mass is 326 g/mol. The molecule has 0 radical (unpaired) electrons. The van der Waals surface area contributed by atoms with Crippen molar-refractivity contribution in [1.29, 1.82) is 0 Å². The number of nitrogen functional groups attached to an aromatic ring is 1. The topological polar surface area (TPSA) is 59.1 Å². The van der Waals surface area contributed by atoms with Crippen molar-refractivity contribution < 1.29 is 5.11 Å². The van der Waals surface area contributed by atoms with Crippen molar-refractivity contribution in [1.82, 2.24) is 4.98 Å². The fourth-order valence-corrected chi connectivity index (χ4v) is 2.72. The number of benzene rings is 1. The molecular formula is C13H12BrClN2O. The van der Waals surface area contributed by atoms with Crippen molar-refractivity contribution in [2.45, 2.75) is 12.5 Å². The number of hydrogen-bond donors (Lipinski definition) is 2. The average Bonchev–Trinajstić information content (AvgIpc) is 2.28. The summed E-state index contributed by atoms with van der Waals surface area (Å²) in [5, 5.41) is 11.2. The Morgan fingerprint density at radius 1 is 1.33 bits per heavy atom. The minimum atomic E-state index is -1.28. The third kappa shape index (κ3) is 2.36. The van der Waals surface area contributed by atoms with Crippen LogP contribution in [0, 0.1) is 0 Å². The number of nitrogens with two attached hydrogens (primary N) is 1. The summed E-state index contributed by atoms with van der Waals surface area (Å²) >= 11 is 9.50. The van der Waals surface area contributed by atoms with Gasteiger partial charge in [0.25, 0.3) is 0 Å². The lowest BCUT2D eigenvalue weighted by Gasteiger charge is -2.26. The van der Waals surface area contributed by atoms with E-state index in [4.69, 9.17) is 17.3 Å². The first-order chi connectivity index (χ1) is 8.43. The largest absolute Gasteiger partial charge is 0.383 e. The zero-order valence-electron chi connectivity index (χ0n) is 9.69. The van der Waals surface area contributed by atoms with Gasteiger partial charge in [-0.3, -0.25) is 0 Å². The van der Waals surface area contributed by atoms with Gasteiger partial charge in [-0.1, -0.05) is 39.7 Å². The van der Waals surface area contributed by atoms with Crippen molar-refractivity contribution in [3.63, 3.8) is 0 Å². The molecule has 0 bridgehead atoms. The summed E-state index contributed by atoms with van der Waals surface area (Å²) in [7, 11) is 0. The van der Waals surface area contributed by atoms with Crippen LogP contribution in [0.15, 0.2) is 41.0 Å². The normalized spacial score (nSPS) is 14.2. The summed E-state index contributed by atoms with van der Waals surface area (Å²) < 4.78 is 0.853. The Kier molecular flexibility index (Phi) is 3.61. The van der Waals surface area contributed by atoms with E-state index in [1.807, 2.05) is 6.07 Å². The van der Waals surface area contributed by atoms with Crippen molar-refractivity contribution in [2.24, 2.45) is 0 Å². The van der Waals surface area contributed by atoms with Gasteiger partial charge in [0.05, 0.1) is 0 Å². The quantitative estimate of drug-likeness (QED) is 0.889. The summed E-state index contributed by atoms with van der Waals surface area (Å²) in [5.41, 5.74) is 5.65. The Hall–Kier alpha value is -1.10. The molecule has 1 aromatic carbocycles. The van der Waals surface area contributed by atoms with E-state index in [0.29, 0.717) is 22.0 Å². The number of aromatic nitrogens is 1. The Morgan fingerprint density at radius 2 is 2.06 bits per heavy atom. The van der Waals surface area contributed by atoms with Crippen molar-refractivity contribution in [2.75, 3.05) is 5.73 Å². The number of hydrogen-bond acceptors (Lipinski definition) is 3. The molecule has 0 amide bonds. The molecule has 2 aromatic rings. The molecule has 0 saturated carbocycles. The van der Waals surface area contributed by atoms with E-state index in [-0.39, 0.29) is 0 Å². The van der Waals surface area contributed by atoms with Crippen LogP contribution in [0.1, 0.15) is 18.1 Å². The second-order valence-electron chi connectivity index (χ2n) is 4.13. The molecule has 3 N–H and O–H groups in total. The fourth-order valence-electron chi connectivity index (χ4n) is 1.86. The maximum absolute atomic E-state index is 10.7. The second kappa shape index (κ2) is 4.88. The van der Waals surface area contributed by atoms with Gasteiger partial charge in [0.15, 0.2) is 0 Å². The van der Waals surface area contributed by atoms with Gasteiger partial charge in [0.1, 0.15) is 11.4 Å². The van der Waals surface area contributed by atoms with E-state index >= 15 is 0 Å². The number of aliphatic hydroxyl groups is 1. The molecule has 5 heteroatoms. The van der Waals surface area contributed by atoms with Gasteiger partial charge in [-0.25, -0.2) is 4.98 Å². The maximum Gasteiger partial charge on any atom is 0.129 e. The van der Waals surface area contributed by atoms with E-state index in [9.17, 15) is 5.11 Å². The zero-order chi connectivity index (χ0) is 13.3. The third-order valence-corrected chi connectivity index (χ3v) is 3.62. The van der Waals surface area contributed by atoms with Crippen LogP contribution in [0.25, 0.3) is 0 Å². The standard InChI is InChI=1S/C13H12BrClN2O/c1-13(18,10-3-2-6-17-12(10)16)9-5-4-8(14)7-11(9)15/h2-7,18H,1H3,(H2,16,17). The van der Waals surface area contributed by atoms with Crippen molar-refractivity contribution in [3.8, 4) is 0 Å². The Morgan fingerprint density at radius 3 is 2.67 bits per heavy atom. The molecule has 2 rings (SSSR count). The number of halogens is 2. The van der Waals surface area contributed by atoms with E-state index in [0.717, 1.165) is 4.47 Å². The van der Waals surface area contributed by atoms with Gasteiger partial charge in [0, 0.05) is 26.8 Å². The van der Waals surface area contributed by atoms with Gasteiger partial charge in [-0.05, 0) is 25.1 Å². The number of pyridine rings is 1. The van der Waals surface area contributed by atoms with Gasteiger partial charge in [-0.2, -0.15) is 0 Å². The van der Waals surface area contributed by atoms with E-state index in [1.54, 1.807) is 37.4 Å². The van der Waals surface area contributed by atoms with Crippen LogP contribution in [0.2, 0.25) is 5.02 Å². The second-order valence-corrected chi connectivity index (χ2v) is 5.46. The lowest BCUT2D eigenvalue weighted by Crippen LogP contribution is -2.25. The van der Waals surface area contributed by atoms with Crippen LogP contribution >= 0.6 is 27.5 Å². The number of anilines is 1. The highest BCUT2D eigenvalue weighted by atomic mass is 79.9. The predicted molar refractivity (Wildman–Crippen MR) is 76.5 cm³/mol. The molecule has 3 nitrogen and oxygen atoms in total. The zero-order valence-corrected chi connectivity index (χ0v) is 12.0. The lowest BCUT2D eigenvalue weighted by molar-refractivity contribution is 0.103. The SMILES string of the molecule is CC(O)(c1ccc(Br)cc1Cl)c1cccnc1N. The van der Waals surface area contributed by atoms with Gasteiger partial charge in [0.2, 0.25) is 0 Å². The molecule has 1 atom stereocenters. The highest BCUT2D eigenvalue weighted by Crippen LogP contribution is 2.36. The number of nitrogens with zero attached hydrogens (tertiary/aromatic N) is 1. The molecule has 0 aliphatic rings. The summed E-state index contributed by atoms with van der Waals surface area (Å²) in [5.74, 6) is 0.293. The smallest absolute Gasteiger partial charge is 0.129 e. The average molecular weight is 328 g/mol. The Bertz CT molecular complexity index is 587. The highest BCUT2D eigenvalue weighted by molar-refractivity contribution is 9.10. The van der Waals surface area contributed by atoms with Crippen molar-refractivity contribution >= 4 is 33.3 Å². The van der Waals surface area contributed by atoms with E-state index < -0.39 is 5.60 Å².